The number of amides is 1. The third-order valence-corrected chi connectivity index (χ3v) is 5.87. The Morgan fingerprint density at radius 1 is 1.12 bits per heavy atom. The molecule has 0 aliphatic carbocycles. The highest BCUT2D eigenvalue weighted by Gasteiger charge is 2.22. The summed E-state index contributed by atoms with van der Waals surface area (Å²) in [6.45, 7) is 10.9. The van der Waals surface area contributed by atoms with Gasteiger partial charge in [-0.25, -0.2) is 0 Å². The first-order valence-electron chi connectivity index (χ1n) is 11.5. The number of fused-ring (bicyclic) bond motifs is 1. The number of halogens is 1. The molecular formula is C25H35ClN4O2. The maximum absolute atomic E-state index is 12.2. The molecule has 3 heterocycles. The minimum atomic E-state index is 0.0125. The van der Waals surface area contributed by atoms with Crippen molar-refractivity contribution in [3.05, 3.63) is 64.5 Å². The molecule has 4 rings (SSSR count). The van der Waals surface area contributed by atoms with Crippen LogP contribution in [0.5, 0.6) is 0 Å². The van der Waals surface area contributed by atoms with Crippen molar-refractivity contribution in [2.75, 3.05) is 26.2 Å². The second kappa shape index (κ2) is 13.9. The number of hydrogen-bond donors (Lipinski definition) is 0. The van der Waals surface area contributed by atoms with Gasteiger partial charge < -0.3 is 4.90 Å². The molecule has 0 unspecified atom stereocenters. The lowest BCUT2D eigenvalue weighted by Crippen LogP contribution is -2.38. The monoisotopic (exact) mass is 458 g/mol. The lowest BCUT2D eigenvalue weighted by molar-refractivity contribution is -0.127. The molecule has 0 spiro atoms. The Morgan fingerprint density at radius 2 is 1.84 bits per heavy atom. The number of nitrogens with zero attached hydrogens (tertiary/aromatic N) is 4. The van der Waals surface area contributed by atoms with Crippen molar-refractivity contribution < 1.29 is 9.59 Å². The van der Waals surface area contributed by atoms with Gasteiger partial charge in [-0.1, -0.05) is 56.6 Å². The molecule has 7 heteroatoms. The van der Waals surface area contributed by atoms with Crippen molar-refractivity contribution in [3.8, 4) is 0 Å². The fourth-order valence-corrected chi connectivity index (χ4v) is 3.98. The fraction of sp³-hybridized carbons (Fsp3) is 0.480. The van der Waals surface area contributed by atoms with Gasteiger partial charge >= 0.3 is 0 Å². The van der Waals surface area contributed by atoms with E-state index in [9.17, 15) is 9.59 Å². The third kappa shape index (κ3) is 7.31. The first-order chi connectivity index (χ1) is 15.6. The number of likely N-dealkylation sites (tertiary alicyclic amines) is 1. The summed E-state index contributed by atoms with van der Waals surface area (Å²) >= 11 is 5.82. The maximum atomic E-state index is 12.2. The molecular weight excluding hydrogens is 424 g/mol. The van der Waals surface area contributed by atoms with E-state index in [0.29, 0.717) is 25.2 Å². The molecule has 6 nitrogen and oxygen atoms in total. The summed E-state index contributed by atoms with van der Waals surface area (Å²) < 4.78 is 1.81. The Labute approximate surface area is 196 Å². The molecule has 1 saturated heterocycles. The molecule has 174 valence electrons. The van der Waals surface area contributed by atoms with Crippen molar-refractivity contribution in [3.63, 3.8) is 0 Å². The second-order valence-corrected chi connectivity index (χ2v) is 7.91. The largest absolute Gasteiger partial charge is 0.331 e. The predicted molar refractivity (Wildman–Crippen MR) is 130 cm³/mol. The van der Waals surface area contributed by atoms with Gasteiger partial charge in [0.05, 0.1) is 30.5 Å². The highest BCUT2D eigenvalue weighted by molar-refractivity contribution is 6.31. The fourth-order valence-electron chi connectivity index (χ4n) is 3.71. The number of carbonyl (C=O) groups excluding carboxylic acids is 2. The second-order valence-electron chi connectivity index (χ2n) is 7.50. The first-order valence-corrected chi connectivity index (χ1v) is 11.9. The Morgan fingerprint density at radius 3 is 2.47 bits per heavy atom. The number of carbonyl (C=O) groups is 2. The summed E-state index contributed by atoms with van der Waals surface area (Å²) in [5.41, 5.74) is 2.63. The van der Waals surface area contributed by atoms with Crippen LogP contribution in [0.4, 0.5) is 0 Å². The van der Waals surface area contributed by atoms with Crippen LogP contribution in [0, 0.1) is 0 Å². The van der Waals surface area contributed by atoms with E-state index >= 15 is 0 Å². The molecule has 2 aliphatic rings. The van der Waals surface area contributed by atoms with Gasteiger partial charge in [-0.15, -0.1) is 0 Å². The van der Waals surface area contributed by atoms with Crippen LogP contribution >= 0.6 is 11.6 Å². The molecule has 1 fully saturated rings. The van der Waals surface area contributed by atoms with Crippen molar-refractivity contribution in [2.45, 2.75) is 53.1 Å². The molecule has 2 aromatic rings. The minimum absolute atomic E-state index is 0.0125. The molecule has 1 aromatic carbocycles. The minimum Gasteiger partial charge on any atom is -0.331 e. The van der Waals surface area contributed by atoms with Gasteiger partial charge in [0.1, 0.15) is 0 Å². The zero-order chi connectivity index (χ0) is 23.3. The van der Waals surface area contributed by atoms with E-state index < -0.39 is 0 Å². The zero-order valence-electron chi connectivity index (χ0n) is 19.5. The van der Waals surface area contributed by atoms with Gasteiger partial charge in [0, 0.05) is 24.2 Å². The molecule has 0 atom stereocenters. The molecule has 32 heavy (non-hydrogen) atoms. The van der Waals surface area contributed by atoms with Gasteiger partial charge in [-0.2, -0.15) is 5.10 Å². The Balaban J connectivity index is 0.000000277. The standard InChI is InChI=1S/C15H20N4O2.C8H9Cl.C2H6/c20-12-13-10-16-19-9-8-18(11-14(13)19)15(21)4-3-7-17-5-1-2-6-17;1-2-7-5-3-4-6-8(7)9;1-2/h3-4,10,12H,1-2,5-9,11H2;3-6H,2H2,1H3;1-2H3/b4-3+;;. The molecule has 0 radical (unpaired) electrons. The van der Waals surface area contributed by atoms with Crippen molar-refractivity contribution >= 4 is 23.8 Å². The van der Waals surface area contributed by atoms with Crippen LogP contribution in [0.2, 0.25) is 5.02 Å². The highest BCUT2D eigenvalue weighted by Crippen LogP contribution is 2.16. The third-order valence-electron chi connectivity index (χ3n) is 5.50. The summed E-state index contributed by atoms with van der Waals surface area (Å²) in [6, 6.07) is 7.91. The van der Waals surface area contributed by atoms with Crippen LogP contribution < -0.4 is 0 Å². The average Bonchev–Trinajstić information content (AvgIpc) is 3.50. The van der Waals surface area contributed by atoms with E-state index in [1.54, 1.807) is 17.2 Å². The van der Waals surface area contributed by atoms with Crippen molar-refractivity contribution in [1.29, 1.82) is 0 Å². The van der Waals surface area contributed by atoms with E-state index in [4.69, 9.17) is 11.6 Å². The normalized spacial score (nSPS) is 15.4. The number of aromatic nitrogens is 2. The number of aryl methyl sites for hydroxylation is 1. The quantitative estimate of drug-likeness (QED) is 0.484. The SMILES string of the molecule is CC.CCc1ccccc1Cl.O=Cc1cnn2c1CN(C(=O)/C=C/CN1CCCC1)CC2. The average molecular weight is 459 g/mol. The number of rotatable bonds is 5. The molecule has 0 bridgehead atoms. The summed E-state index contributed by atoms with van der Waals surface area (Å²) in [5.74, 6) is 0.0125. The maximum Gasteiger partial charge on any atom is 0.246 e. The van der Waals surface area contributed by atoms with Gasteiger partial charge in [0.2, 0.25) is 5.91 Å². The lowest BCUT2D eigenvalue weighted by atomic mass is 10.2. The lowest BCUT2D eigenvalue weighted by Gasteiger charge is -2.27. The Hall–Kier alpha value is -2.44. The summed E-state index contributed by atoms with van der Waals surface area (Å²) in [4.78, 5) is 27.3. The van der Waals surface area contributed by atoms with E-state index in [1.165, 1.54) is 18.4 Å². The van der Waals surface area contributed by atoms with Crippen LogP contribution in [-0.4, -0.2) is 58.0 Å². The number of benzene rings is 1. The van der Waals surface area contributed by atoms with Gasteiger partial charge in [0.25, 0.3) is 0 Å². The Bertz CT molecular complexity index is 888. The van der Waals surface area contributed by atoms with E-state index in [-0.39, 0.29) is 5.91 Å². The van der Waals surface area contributed by atoms with Crippen LogP contribution in [-0.2, 0) is 24.3 Å². The first kappa shape index (κ1) is 25.8. The van der Waals surface area contributed by atoms with Crippen molar-refractivity contribution in [1.82, 2.24) is 19.6 Å². The van der Waals surface area contributed by atoms with Gasteiger partial charge in [-0.3, -0.25) is 19.2 Å². The molecule has 2 aliphatic heterocycles. The number of aldehydes is 1. The summed E-state index contributed by atoms with van der Waals surface area (Å²) in [6.07, 6.45) is 9.50. The van der Waals surface area contributed by atoms with Crippen LogP contribution in [0.15, 0.2) is 42.6 Å². The van der Waals surface area contributed by atoms with Crippen LogP contribution in [0.25, 0.3) is 0 Å². The van der Waals surface area contributed by atoms with Crippen LogP contribution in [0.3, 0.4) is 0 Å². The van der Waals surface area contributed by atoms with Crippen molar-refractivity contribution in [2.24, 2.45) is 0 Å². The summed E-state index contributed by atoms with van der Waals surface area (Å²) in [7, 11) is 0. The Kier molecular flexibility index (Phi) is 11.2. The molecule has 0 N–H and O–H groups in total. The van der Waals surface area contributed by atoms with E-state index in [0.717, 1.165) is 43.1 Å². The van der Waals surface area contributed by atoms with E-state index in [1.807, 2.05) is 48.9 Å². The number of hydrogen-bond acceptors (Lipinski definition) is 4. The smallest absolute Gasteiger partial charge is 0.246 e. The zero-order valence-corrected chi connectivity index (χ0v) is 20.2. The van der Waals surface area contributed by atoms with E-state index in [2.05, 4.69) is 16.9 Å². The molecule has 0 saturated carbocycles. The van der Waals surface area contributed by atoms with Gasteiger partial charge in [0.15, 0.2) is 6.29 Å². The predicted octanol–water partition coefficient (Wildman–Crippen LogP) is 4.62. The summed E-state index contributed by atoms with van der Waals surface area (Å²) in [5, 5.41) is 5.03. The van der Waals surface area contributed by atoms with Gasteiger partial charge in [-0.05, 0) is 44.0 Å². The molecule has 1 amide bonds. The topological polar surface area (TPSA) is 58.4 Å². The van der Waals surface area contributed by atoms with Crippen LogP contribution in [0.1, 0.15) is 55.2 Å². The molecule has 1 aromatic heterocycles. The highest BCUT2D eigenvalue weighted by atomic mass is 35.5.